The predicted molar refractivity (Wildman–Crippen MR) is 91.6 cm³/mol. The van der Waals surface area contributed by atoms with Crippen molar-refractivity contribution in [3.8, 4) is 0 Å². The van der Waals surface area contributed by atoms with Crippen molar-refractivity contribution in [2.45, 2.75) is 57.9 Å². The van der Waals surface area contributed by atoms with Gasteiger partial charge in [0.2, 0.25) is 0 Å². The van der Waals surface area contributed by atoms with Gasteiger partial charge in [-0.05, 0) is 40.2 Å². The Labute approximate surface area is 138 Å². The highest BCUT2D eigenvalue weighted by Crippen LogP contribution is 2.37. The average Bonchev–Trinajstić information content (AvgIpc) is 2.64. The molecule has 23 heavy (non-hydrogen) atoms. The van der Waals surface area contributed by atoms with Gasteiger partial charge in [0.25, 0.3) is 0 Å². The van der Waals surface area contributed by atoms with Crippen molar-refractivity contribution in [2.75, 3.05) is 19.0 Å². The van der Waals surface area contributed by atoms with Crippen molar-refractivity contribution in [3.05, 3.63) is 23.9 Å². The van der Waals surface area contributed by atoms with E-state index in [2.05, 4.69) is 15.6 Å². The number of rotatable bonds is 4. The number of amides is 2. The number of urea groups is 1. The van der Waals surface area contributed by atoms with Crippen molar-refractivity contribution >= 4 is 11.8 Å². The van der Waals surface area contributed by atoms with Gasteiger partial charge in [0, 0.05) is 32.4 Å². The summed E-state index contributed by atoms with van der Waals surface area (Å²) in [5.74, 6) is 0.860. The van der Waals surface area contributed by atoms with Crippen LogP contribution in [0.4, 0.5) is 10.6 Å². The Balaban J connectivity index is 1.94. The third-order valence-corrected chi connectivity index (χ3v) is 4.11. The molecule has 0 bridgehead atoms. The summed E-state index contributed by atoms with van der Waals surface area (Å²) < 4.78 is 6.00. The predicted octanol–water partition coefficient (Wildman–Crippen LogP) is 2.29. The molecule has 1 aliphatic rings. The number of carbonyl (C=O) groups excluding carboxylic acids is 1. The standard InChI is InChI=1S/C17H28N4O2/c1-16(2)10-13(17(3,4)23-16)20-15(22)19-11-12-8-7-9-18-14(12)21(5)6/h7-9,13H,10-11H2,1-6H3,(H2,19,20,22). The Hall–Kier alpha value is -1.82. The second-order valence-electron chi connectivity index (χ2n) is 7.43. The SMILES string of the molecule is CN(C)c1ncccc1CNC(=O)NC1CC(C)(C)OC1(C)C. The summed E-state index contributed by atoms with van der Waals surface area (Å²) in [6.45, 7) is 8.56. The Morgan fingerprint density at radius 3 is 2.65 bits per heavy atom. The van der Waals surface area contributed by atoms with Gasteiger partial charge in [0.05, 0.1) is 17.2 Å². The van der Waals surface area contributed by atoms with E-state index in [0.717, 1.165) is 17.8 Å². The van der Waals surface area contributed by atoms with E-state index in [1.165, 1.54) is 0 Å². The molecule has 0 saturated carbocycles. The van der Waals surface area contributed by atoms with Crippen LogP contribution in [0, 0.1) is 0 Å². The van der Waals surface area contributed by atoms with E-state index in [1.807, 2.05) is 58.8 Å². The number of nitrogens with one attached hydrogen (secondary N) is 2. The summed E-state index contributed by atoms with van der Waals surface area (Å²) in [5, 5.41) is 5.95. The van der Waals surface area contributed by atoms with Gasteiger partial charge < -0.3 is 20.3 Å². The van der Waals surface area contributed by atoms with Gasteiger partial charge in [-0.2, -0.15) is 0 Å². The van der Waals surface area contributed by atoms with Gasteiger partial charge in [-0.3, -0.25) is 0 Å². The maximum Gasteiger partial charge on any atom is 0.315 e. The van der Waals surface area contributed by atoms with Crippen LogP contribution in [0.25, 0.3) is 0 Å². The zero-order valence-electron chi connectivity index (χ0n) is 14.9. The summed E-state index contributed by atoms with van der Waals surface area (Å²) >= 11 is 0. The third-order valence-electron chi connectivity index (χ3n) is 4.11. The lowest BCUT2D eigenvalue weighted by Gasteiger charge is -2.27. The van der Waals surface area contributed by atoms with Crippen LogP contribution in [-0.4, -0.2) is 42.4 Å². The fraction of sp³-hybridized carbons (Fsp3) is 0.647. The Morgan fingerprint density at radius 2 is 2.09 bits per heavy atom. The number of nitrogens with zero attached hydrogens (tertiary/aromatic N) is 2. The lowest BCUT2D eigenvalue weighted by atomic mass is 9.95. The van der Waals surface area contributed by atoms with Crippen molar-refractivity contribution in [1.82, 2.24) is 15.6 Å². The Kier molecular flexibility index (Phi) is 4.84. The smallest absolute Gasteiger partial charge is 0.315 e. The highest BCUT2D eigenvalue weighted by molar-refractivity contribution is 5.74. The lowest BCUT2D eigenvalue weighted by Crippen LogP contribution is -2.49. The van der Waals surface area contributed by atoms with Crippen LogP contribution >= 0.6 is 0 Å². The molecule has 6 nitrogen and oxygen atoms in total. The van der Waals surface area contributed by atoms with Crippen LogP contribution < -0.4 is 15.5 Å². The molecule has 1 aromatic rings. The van der Waals surface area contributed by atoms with Gasteiger partial charge in [0.1, 0.15) is 5.82 Å². The molecule has 2 amide bonds. The lowest BCUT2D eigenvalue weighted by molar-refractivity contribution is -0.0690. The Bertz CT molecular complexity index is 569. The summed E-state index contributed by atoms with van der Waals surface area (Å²) in [6.07, 6.45) is 2.54. The van der Waals surface area contributed by atoms with Gasteiger partial charge in [-0.15, -0.1) is 0 Å². The van der Waals surface area contributed by atoms with Crippen LogP contribution in [0.15, 0.2) is 18.3 Å². The van der Waals surface area contributed by atoms with Gasteiger partial charge in [-0.1, -0.05) is 6.07 Å². The van der Waals surface area contributed by atoms with Crippen LogP contribution in [0.1, 0.15) is 39.7 Å². The summed E-state index contributed by atoms with van der Waals surface area (Å²) in [7, 11) is 3.87. The maximum absolute atomic E-state index is 12.2. The number of ether oxygens (including phenoxy) is 1. The molecule has 2 rings (SSSR count). The van der Waals surface area contributed by atoms with Crippen molar-refractivity contribution < 1.29 is 9.53 Å². The second-order valence-corrected chi connectivity index (χ2v) is 7.43. The zero-order chi connectivity index (χ0) is 17.3. The topological polar surface area (TPSA) is 66.5 Å². The van der Waals surface area contributed by atoms with E-state index < -0.39 is 0 Å². The number of pyridine rings is 1. The first-order valence-corrected chi connectivity index (χ1v) is 7.96. The highest BCUT2D eigenvalue weighted by atomic mass is 16.5. The largest absolute Gasteiger partial charge is 0.367 e. The monoisotopic (exact) mass is 320 g/mol. The molecule has 1 fully saturated rings. The molecule has 6 heteroatoms. The van der Waals surface area contributed by atoms with E-state index in [9.17, 15) is 4.79 Å². The first-order valence-electron chi connectivity index (χ1n) is 7.96. The molecular formula is C17H28N4O2. The molecule has 1 aliphatic heterocycles. The summed E-state index contributed by atoms with van der Waals surface area (Å²) in [5.41, 5.74) is 0.391. The Morgan fingerprint density at radius 1 is 1.39 bits per heavy atom. The molecule has 0 radical (unpaired) electrons. The van der Waals surface area contributed by atoms with E-state index in [-0.39, 0.29) is 23.3 Å². The zero-order valence-corrected chi connectivity index (χ0v) is 14.9. The molecular weight excluding hydrogens is 292 g/mol. The number of anilines is 1. The molecule has 1 atom stereocenters. The number of hydrogen-bond acceptors (Lipinski definition) is 4. The minimum atomic E-state index is -0.371. The number of hydrogen-bond donors (Lipinski definition) is 2. The quantitative estimate of drug-likeness (QED) is 0.893. The fourth-order valence-corrected chi connectivity index (χ4v) is 3.14. The molecule has 2 N–H and O–H groups in total. The molecule has 1 aromatic heterocycles. The van der Waals surface area contributed by atoms with Crippen molar-refractivity contribution in [1.29, 1.82) is 0 Å². The molecule has 1 unspecified atom stereocenters. The van der Waals surface area contributed by atoms with Gasteiger partial charge in [0.15, 0.2) is 0 Å². The van der Waals surface area contributed by atoms with Gasteiger partial charge >= 0.3 is 6.03 Å². The number of aromatic nitrogens is 1. The summed E-state index contributed by atoms with van der Waals surface area (Å²) in [4.78, 5) is 18.5. The molecule has 0 aromatic carbocycles. The van der Waals surface area contributed by atoms with Crippen LogP contribution in [0.5, 0.6) is 0 Å². The highest BCUT2D eigenvalue weighted by Gasteiger charge is 2.46. The van der Waals surface area contributed by atoms with Crippen LogP contribution in [-0.2, 0) is 11.3 Å². The molecule has 0 spiro atoms. The first kappa shape index (κ1) is 17.5. The van der Waals surface area contributed by atoms with E-state index in [4.69, 9.17) is 4.74 Å². The van der Waals surface area contributed by atoms with Crippen molar-refractivity contribution in [3.63, 3.8) is 0 Å². The van der Waals surface area contributed by atoms with E-state index >= 15 is 0 Å². The maximum atomic E-state index is 12.2. The minimum Gasteiger partial charge on any atom is -0.367 e. The van der Waals surface area contributed by atoms with E-state index in [0.29, 0.717) is 6.54 Å². The summed E-state index contributed by atoms with van der Waals surface area (Å²) in [6, 6.07) is 3.64. The first-order chi connectivity index (χ1) is 10.6. The second kappa shape index (κ2) is 6.35. The van der Waals surface area contributed by atoms with E-state index in [1.54, 1.807) is 6.20 Å². The molecule has 2 heterocycles. The normalized spacial score (nSPS) is 21.7. The minimum absolute atomic E-state index is 0.0142. The molecule has 128 valence electrons. The van der Waals surface area contributed by atoms with Crippen LogP contribution in [0.3, 0.4) is 0 Å². The molecule has 0 aliphatic carbocycles. The van der Waals surface area contributed by atoms with Crippen LogP contribution in [0.2, 0.25) is 0 Å². The average molecular weight is 320 g/mol. The third kappa shape index (κ3) is 4.34. The molecule has 1 saturated heterocycles. The number of carbonyl (C=O) groups is 1. The van der Waals surface area contributed by atoms with Crippen molar-refractivity contribution in [2.24, 2.45) is 0 Å². The van der Waals surface area contributed by atoms with Gasteiger partial charge in [-0.25, -0.2) is 9.78 Å². The fourth-order valence-electron chi connectivity index (χ4n) is 3.14.